The molecule has 0 spiro atoms. The smallest absolute Gasteiger partial charge is 0.244 e. The van der Waals surface area contributed by atoms with Crippen LogP contribution in [-0.2, 0) is 22.8 Å². The zero-order valence-corrected chi connectivity index (χ0v) is 19.0. The van der Waals surface area contributed by atoms with E-state index in [9.17, 15) is 4.79 Å². The molecule has 0 bridgehead atoms. The van der Waals surface area contributed by atoms with E-state index in [1.165, 1.54) is 38.5 Å². The zero-order chi connectivity index (χ0) is 21.9. The first-order valence-corrected chi connectivity index (χ1v) is 11.6. The van der Waals surface area contributed by atoms with Gasteiger partial charge >= 0.3 is 0 Å². The van der Waals surface area contributed by atoms with E-state index in [1.54, 1.807) is 6.26 Å². The Morgan fingerprint density at radius 3 is 2.74 bits per heavy atom. The Kier molecular flexibility index (Phi) is 9.56. The quantitative estimate of drug-likeness (QED) is 0.471. The minimum absolute atomic E-state index is 0.0279. The first-order valence-electron chi connectivity index (χ1n) is 11.6. The number of nitrogens with one attached hydrogen (secondary N) is 1. The van der Waals surface area contributed by atoms with Gasteiger partial charge in [0.1, 0.15) is 6.26 Å². The molecule has 6 heteroatoms. The SMILES string of the molecule is CN(C)Cc1coc([C@H](CCCC2CCCCC2)CC(=O)NOCc2ccccc2)n1. The van der Waals surface area contributed by atoms with Gasteiger partial charge in [0.2, 0.25) is 5.91 Å². The van der Waals surface area contributed by atoms with Crippen molar-refractivity contribution in [2.75, 3.05) is 14.1 Å². The van der Waals surface area contributed by atoms with Crippen LogP contribution in [0.25, 0.3) is 0 Å². The van der Waals surface area contributed by atoms with Crippen LogP contribution in [0.2, 0.25) is 0 Å². The summed E-state index contributed by atoms with van der Waals surface area (Å²) in [4.78, 5) is 24.7. The number of benzene rings is 1. The molecule has 170 valence electrons. The highest BCUT2D eigenvalue weighted by Gasteiger charge is 2.22. The molecule has 1 heterocycles. The van der Waals surface area contributed by atoms with Gasteiger partial charge < -0.3 is 9.32 Å². The maximum Gasteiger partial charge on any atom is 0.244 e. The summed E-state index contributed by atoms with van der Waals surface area (Å²) in [6.45, 7) is 1.08. The Morgan fingerprint density at radius 2 is 2.00 bits per heavy atom. The van der Waals surface area contributed by atoms with E-state index in [0.29, 0.717) is 18.9 Å². The topological polar surface area (TPSA) is 67.6 Å². The molecule has 0 aliphatic heterocycles. The summed E-state index contributed by atoms with van der Waals surface area (Å²) >= 11 is 0. The van der Waals surface area contributed by atoms with Crippen molar-refractivity contribution in [3.63, 3.8) is 0 Å². The summed E-state index contributed by atoms with van der Waals surface area (Å²) in [5, 5.41) is 0. The minimum atomic E-state index is -0.133. The third-order valence-electron chi connectivity index (χ3n) is 5.99. The fourth-order valence-corrected chi connectivity index (χ4v) is 4.39. The molecule has 1 aliphatic rings. The highest BCUT2D eigenvalue weighted by Crippen LogP contribution is 2.31. The van der Waals surface area contributed by atoms with E-state index in [0.717, 1.165) is 36.6 Å². The van der Waals surface area contributed by atoms with Crippen LogP contribution in [0.15, 0.2) is 41.0 Å². The Hall–Kier alpha value is -2.18. The van der Waals surface area contributed by atoms with Crippen LogP contribution in [0.3, 0.4) is 0 Å². The average Bonchev–Trinajstić information content (AvgIpc) is 3.22. The van der Waals surface area contributed by atoms with Gasteiger partial charge in [0.05, 0.1) is 12.3 Å². The van der Waals surface area contributed by atoms with Gasteiger partial charge in [0.25, 0.3) is 0 Å². The van der Waals surface area contributed by atoms with Gasteiger partial charge in [-0.05, 0) is 32.0 Å². The first-order chi connectivity index (χ1) is 15.1. The lowest BCUT2D eigenvalue weighted by atomic mass is 9.84. The van der Waals surface area contributed by atoms with Crippen molar-refractivity contribution >= 4 is 5.91 Å². The number of aromatic nitrogens is 1. The normalized spacial score (nSPS) is 15.8. The molecule has 1 amide bonds. The Morgan fingerprint density at radius 1 is 1.23 bits per heavy atom. The maximum atomic E-state index is 12.6. The molecule has 6 nitrogen and oxygen atoms in total. The molecule has 1 aromatic carbocycles. The van der Waals surface area contributed by atoms with E-state index in [4.69, 9.17) is 9.25 Å². The van der Waals surface area contributed by atoms with Crippen LogP contribution in [0.1, 0.15) is 80.9 Å². The van der Waals surface area contributed by atoms with Gasteiger partial charge in [-0.15, -0.1) is 0 Å². The fourth-order valence-electron chi connectivity index (χ4n) is 4.39. The van der Waals surface area contributed by atoms with Crippen molar-refractivity contribution in [3.8, 4) is 0 Å². The van der Waals surface area contributed by atoms with Crippen LogP contribution in [0.4, 0.5) is 0 Å². The van der Waals surface area contributed by atoms with Crippen LogP contribution in [0.5, 0.6) is 0 Å². The van der Waals surface area contributed by atoms with E-state index >= 15 is 0 Å². The maximum absolute atomic E-state index is 12.6. The second kappa shape index (κ2) is 12.6. The second-order valence-electron chi connectivity index (χ2n) is 9.05. The Balaban J connectivity index is 1.52. The summed E-state index contributed by atoms with van der Waals surface area (Å²) in [5.74, 6) is 1.34. The zero-order valence-electron chi connectivity index (χ0n) is 19.0. The van der Waals surface area contributed by atoms with Gasteiger partial charge in [-0.1, -0.05) is 75.3 Å². The highest BCUT2D eigenvalue weighted by atomic mass is 16.6. The van der Waals surface area contributed by atoms with E-state index < -0.39 is 0 Å². The molecule has 0 unspecified atom stereocenters. The molecule has 0 radical (unpaired) electrons. The number of carbonyl (C=O) groups excluding carboxylic acids is 1. The number of carbonyl (C=O) groups is 1. The molecule has 2 aromatic rings. The predicted octanol–water partition coefficient (Wildman–Crippen LogP) is 5.21. The third-order valence-corrected chi connectivity index (χ3v) is 5.99. The molecule has 1 aliphatic carbocycles. The minimum Gasteiger partial charge on any atom is -0.448 e. The molecule has 3 rings (SSSR count). The van der Waals surface area contributed by atoms with Crippen molar-refractivity contribution in [2.45, 2.75) is 76.9 Å². The van der Waals surface area contributed by atoms with E-state index in [1.807, 2.05) is 44.4 Å². The third kappa shape index (κ3) is 8.46. The Labute approximate surface area is 186 Å². The molecule has 1 aromatic heterocycles. The van der Waals surface area contributed by atoms with Crippen LogP contribution in [0, 0.1) is 5.92 Å². The highest BCUT2D eigenvalue weighted by molar-refractivity contribution is 5.75. The lowest BCUT2D eigenvalue weighted by molar-refractivity contribution is -0.135. The van der Waals surface area contributed by atoms with Crippen molar-refractivity contribution in [1.29, 1.82) is 0 Å². The number of nitrogens with zero attached hydrogens (tertiary/aromatic N) is 2. The monoisotopic (exact) mass is 427 g/mol. The van der Waals surface area contributed by atoms with Crippen molar-refractivity contribution < 1.29 is 14.0 Å². The summed E-state index contributed by atoms with van der Waals surface area (Å²) < 4.78 is 5.79. The fraction of sp³-hybridized carbons (Fsp3) is 0.600. The van der Waals surface area contributed by atoms with Crippen LogP contribution >= 0.6 is 0 Å². The number of amides is 1. The van der Waals surface area contributed by atoms with Gasteiger partial charge in [0.15, 0.2) is 5.89 Å². The largest absolute Gasteiger partial charge is 0.448 e. The number of hydrogen-bond acceptors (Lipinski definition) is 5. The summed E-state index contributed by atoms with van der Waals surface area (Å²) in [6, 6.07) is 9.81. The Bertz CT molecular complexity index is 769. The summed E-state index contributed by atoms with van der Waals surface area (Å²) in [7, 11) is 4.01. The molecule has 1 fully saturated rings. The van der Waals surface area contributed by atoms with E-state index in [-0.39, 0.29) is 11.8 Å². The van der Waals surface area contributed by atoms with Crippen molar-refractivity contribution in [3.05, 3.63) is 53.7 Å². The lowest BCUT2D eigenvalue weighted by Crippen LogP contribution is -2.25. The van der Waals surface area contributed by atoms with Crippen molar-refractivity contribution in [2.24, 2.45) is 5.92 Å². The van der Waals surface area contributed by atoms with Crippen LogP contribution < -0.4 is 5.48 Å². The molecular formula is C25H37N3O3. The van der Waals surface area contributed by atoms with Crippen LogP contribution in [-0.4, -0.2) is 29.9 Å². The molecule has 1 atom stereocenters. The molecule has 31 heavy (non-hydrogen) atoms. The average molecular weight is 428 g/mol. The lowest BCUT2D eigenvalue weighted by Gasteiger charge is -2.22. The van der Waals surface area contributed by atoms with Gasteiger partial charge in [0, 0.05) is 18.9 Å². The molecule has 1 N–H and O–H groups in total. The summed E-state index contributed by atoms with van der Waals surface area (Å²) in [5.41, 5.74) is 4.52. The second-order valence-corrected chi connectivity index (χ2v) is 9.05. The number of hydrogen-bond donors (Lipinski definition) is 1. The number of oxazole rings is 1. The van der Waals surface area contributed by atoms with Gasteiger partial charge in [-0.2, -0.15) is 0 Å². The number of hydroxylamine groups is 1. The van der Waals surface area contributed by atoms with Gasteiger partial charge in [-0.25, -0.2) is 10.5 Å². The van der Waals surface area contributed by atoms with Crippen molar-refractivity contribution in [1.82, 2.24) is 15.4 Å². The standard InChI is InChI=1S/C25H37N3O3/c1-28(2)17-23-19-30-25(26-23)22(15-9-14-20-10-5-3-6-11-20)16-24(29)27-31-18-21-12-7-4-8-13-21/h4,7-8,12-13,19-20,22H,3,5-6,9-11,14-18H2,1-2H3,(H,27,29)/t22-/m1/s1. The van der Waals surface area contributed by atoms with E-state index in [2.05, 4.69) is 15.4 Å². The first kappa shape index (κ1) is 23.5. The molecular weight excluding hydrogens is 390 g/mol. The molecule has 1 saturated carbocycles. The molecule has 0 saturated heterocycles. The summed E-state index contributed by atoms with van der Waals surface area (Å²) in [6.07, 6.45) is 12.1. The van der Waals surface area contributed by atoms with Gasteiger partial charge in [-0.3, -0.25) is 9.63 Å². The predicted molar refractivity (Wildman–Crippen MR) is 121 cm³/mol. The number of rotatable bonds is 12.